The third-order valence-corrected chi connectivity index (χ3v) is 3.48. The van der Waals surface area contributed by atoms with Crippen molar-refractivity contribution in [2.45, 2.75) is 20.4 Å². The van der Waals surface area contributed by atoms with Crippen LogP contribution in [0.15, 0.2) is 18.2 Å². The standard InChI is InChI=1S/C13H19Cl2NO/c1-13(2,8-14)9-16-7-10-6-11(15)4-5-12(10)17-3/h4-6,16H,7-9H2,1-3H3. The number of hydrogen-bond acceptors (Lipinski definition) is 2. The molecule has 0 saturated carbocycles. The van der Waals surface area contributed by atoms with Crippen LogP contribution in [0.2, 0.25) is 5.02 Å². The van der Waals surface area contributed by atoms with Crippen LogP contribution in [-0.4, -0.2) is 19.5 Å². The van der Waals surface area contributed by atoms with E-state index in [-0.39, 0.29) is 5.41 Å². The van der Waals surface area contributed by atoms with E-state index >= 15 is 0 Å². The number of ether oxygens (including phenoxy) is 1. The van der Waals surface area contributed by atoms with Crippen LogP contribution < -0.4 is 10.1 Å². The number of alkyl halides is 1. The first-order valence-electron chi connectivity index (χ1n) is 5.57. The van der Waals surface area contributed by atoms with Crippen LogP contribution in [0.1, 0.15) is 19.4 Å². The van der Waals surface area contributed by atoms with E-state index in [0.29, 0.717) is 5.88 Å². The molecule has 1 N–H and O–H groups in total. The van der Waals surface area contributed by atoms with Crippen LogP contribution in [0.25, 0.3) is 0 Å². The van der Waals surface area contributed by atoms with Crippen molar-refractivity contribution in [1.29, 1.82) is 0 Å². The second-order valence-electron chi connectivity index (χ2n) is 4.86. The molecule has 96 valence electrons. The van der Waals surface area contributed by atoms with Gasteiger partial charge in [0.05, 0.1) is 7.11 Å². The number of nitrogens with one attached hydrogen (secondary N) is 1. The molecule has 1 aromatic carbocycles. The molecule has 1 aromatic rings. The van der Waals surface area contributed by atoms with Gasteiger partial charge < -0.3 is 10.1 Å². The minimum absolute atomic E-state index is 0.0906. The van der Waals surface area contributed by atoms with Crippen molar-refractivity contribution < 1.29 is 4.74 Å². The lowest BCUT2D eigenvalue weighted by atomic mass is 9.96. The lowest BCUT2D eigenvalue weighted by Gasteiger charge is -2.22. The van der Waals surface area contributed by atoms with Gasteiger partial charge in [-0.1, -0.05) is 25.4 Å². The predicted octanol–water partition coefficient (Wildman–Crippen LogP) is 3.70. The summed E-state index contributed by atoms with van der Waals surface area (Å²) < 4.78 is 5.28. The largest absolute Gasteiger partial charge is 0.496 e. The Kier molecular flexibility index (Phi) is 5.57. The highest BCUT2D eigenvalue weighted by Gasteiger charge is 2.15. The van der Waals surface area contributed by atoms with Crippen LogP contribution in [0, 0.1) is 5.41 Å². The Labute approximate surface area is 113 Å². The molecule has 0 saturated heterocycles. The van der Waals surface area contributed by atoms with E-state index in [4.69, 9.17) is 27.9 Å². The quantitative estimate of drug-likeness (QED) is 0.800. The van der Waals surface area contributed by atoms with E-state index in [1.165, 1.54) is 0 Å². The van der Waals surface area contributed by atoms with E-state index in [9.17, 15) is 0 Å². The average Bonchev–Trinajstić information content (AvgIpc) is 2.29. The van der Waals surface area contributed by atoms with Crippen molar-refractivity contribution in [3.05, 3.63) is 28.8 Å². The molecule has 0 atom stereocenters. The second kappa shape index (κ2) is 6.48. The summed E-state index contributed by atoms with van der Waals surface area (Å²) in [5, 5.41) is 4.09. The summed E-state index contributed by atoms with van der Waals surface area (Å²) in [5.41, 5.74) is 1.15. The SMILES string of the molecule is COc1ccc(Cl)cc1CNCC(C)(C)CCl. The average molecular weight is 276 g/mol. The first kappa shape index (κ1) is 14.6. The van der Waals surface area contributed by atoms with Crippen LogP contribution >= 0.6 is 23.2 Å². The monoisotopic (exact) mass is 275 g/mol. The van der Waals surface area contributed by atoms with Gasteiger partial charge in [0.2, 0.25) is 0 Å². The molecule has 1 rings (SSSR count). The zero-order valence-electron chi connectivity index (χ0n) is 10.5. The number of methoxy groups -OCH3 is 1. The number of benzene rings is 1. The van der Waals surface area contributed by atoms with Gasteiger partial charge in [-0.15, -0.1) is 11.6 Å². The van der Waals surface area contributed by atoms with Gasteiger partial charge >= 0.3 is 0 Å². The summed E-state index contributed by atoms with van der Waals surface area (Å²) in [5.74, 6) is 1.48. The highest BCUT2D eigenvalue weighted by Crippen LogP contribution is 2.23. The molecule has 0 spiro atoms. The Morgan fingerprint density at radius 1 is 1.35 bits per heavy atom. The van der Waals surface area contributed by atoms with Gasteiger partial charge in [0.15, 0.2) is 0 Å². The van der Waals surface area contributed by atoms with Gasteiger partial charge in [0.1, 0.15) is 5.75 Å². The van der Waals surface area contributed by atoms with Gasteiger partial charge in [-0.3, -0.25) is 0 Å². The van der Waals surface area contributed by atoms with Gasteiger partial charge in [0.25, 0.3) is 0 Å². The molecular weight excluding hydrogens is 257 g/mol. The molecule has 0 aliphatic rings. The highest BCUT2D eigenvalue weighted by atomic mass is 35.5. The van der Waals surface area contributed by atoms with E-state index in [2.05, 4.69) is 19.2 Å². The molecular formula is C13H19Cl2NO. The fourth-order valence-corrected chi connectivity index (χ4v) is 1.76. The molecule has 0 aliphatic carbocycles. The molecule has 0 radical (unpaired) electrons. The Morgan fingerprint density at radius 2 is 2.06 bits per heavy atom. The third-order valence-electron chi connectivity index (χ3n) is 2.52. The summed E-state index contributed by atoms with van der Waals surface area (Å²) in [6.07, 6.45) is 0. The van der Waals surface area contributed by atoms with E-state index < -0.39 is 0 Å². The summed E-state index contributed by atoms with van der Waals surface area (Å²) in [4.78, 5) is 0. The minimum Gasteiger partial charge on any atom is -0.496 e. The van der Waals surface area contributed by atoms with Crippen molar-refractivity contribution in [1.82, 2.24) is 5.32 Å². The molecule has 0 aliphatic heterocycles. The van der Waals surface area contributed by atoms with E-state index in [1.807, 2.05) is 18.2 Å². The fourth-order valence-electron chi connectivity index (χ4n) is 1.47. The molecule has 4 heteroatoms. The third kappa shape index (κ3) is 4.74. The first-order valence-corrected chi connectivity index (χ1v) is 6.49. The maximum Gasteiger partial charge on any atom is 0.123 e. The Morgan fingerprint density at radius 3 is 2.65 bits per heavy atom. The van der Waals surface area contributed by atoms with E-state index in [0.717, 1.165) is 29.4 Å². The second-order valence-corrected chi connectivity index (χ2v) is 5.56. The number of hydrogen-bond donors (Lipinski definition) is 1. The minimum atomic E-state index is 0.0906. The van der Waals surface area contributed by atoms with Crippen molar-refractivity contribution in [3.8, 4) is 5.75 Å². The Balaban J connectivity index is 2.59. The lowest BCUT2D eigenvalue weighted by molar-refractivity contribution is 0.377. The van der Waals surface area contributed by atoms with Gasteiger partial charge in [-0.2, -0.15) is 0 Å². The molecule has 0 unspecified atom stereocenters. The topological polar surface area (TPSA) is 21.3 Å². The van der Waals surface area contributed by atoms with Crippen molar-refractivity contribution in [2.75, 3.05) is 19.5 Å². The zero-order chi connectivity index (χ0) is 12.9. The number of rotatable bonds is 6. The predicted molar refractivity (Wildman–Crippen MR) is 74.2 cm³/mol. The molecule has 0 fully saturated rings. The van der Waals surface area contributed by atoms with Gasteiger partial charge in [0, 0.05) is 29.6 Å². The van der Waals surface area contributed by atoms with Crippen LogP contribution in [0.5, 0.6) is 5.75 Å². The molecule has 2 nitrogen and oxygen atoms in total. The zero-order valence-corrected chi connectivity index (χ0v) is 12.0. The lowest BCUT2D eigenvalue weighted by Crippen LogP contribution is -2.30. The smallest absolute Gasteiger partial charge is 0.123 e. The summed E-state index contributed by atoms with van der Waals surface area (Å²) in [6, 6.07) is 5.62. The van der Waals surface area contributed by atoms with E-state index in [1.54, 1.807) is 7.11 Å². The normalized spacial score (nSPS) is 11.6. The summed E-state index contributed by atoms with van der Waals surface area (Å²) in [6.45, 7) is 5.83. The van der Waals surface area contributed by atoms with Crippen molar-refractivity contribution in [3.63, 3.8) is 0 Å². The van der Waals surface area contributed by atoms with Crippen LogP contribution in [0.4, 0.5) is 0 Å². The molecule has 0 aromatic heterocycles. The summed E-state index contributed by atoms with van der Waals surface area (Å²) in [7, 11) is 1.66. The maximum atomic E-state index is 5.97. The highest BCUT2D eigenvalue weighted by molar-refractivity contribution is 6.30. The molecule has 17 heavy (non-hydrogen) atoms. The molecule has 0 amide bonds. The van der Waals surface area contributed by atoms with Crippen LogP contribution in [0.3, 0.4) is 0 Å². The van der Waals surface area contributed by atoms with Gasteiger partial charge in [-0.25, -0.2) is 0 Å². The maximum absolute atomic E-state index is 5.97. The molecule has 0 bridgehead atoms. The molecule has 0 heterocycles. The van der Waals surface area contributed by atoms with Crippen molar-refractivity contribution >= 4 is 23.2 Å². The van der Waals surface area contributed by atoms with Crippen LogP contribution in [-0.2, 0) is 6.54 Å². The first-order chi connectivity index (χ1) is 7.98. The van der Waals surface area contributed by atoms with Gasteiger partial charge in [-0.05, 0) is 23.6 Å². The number of halogens is 2. The summed E-state index contributed by atoms with van der Waals surface area (Å²) >= 11 is 11.8. The Bertz CT molecular complexity index is 366. The Hall–Kier alpha value is -0.440. The fraction of sp³-hybridized carbons (Fsp3) is 0.538. The van der Waals surface area contributed by atoms with Crippen molar-refractivity contribution in [2.24, 2.45) is 5.41 Å².